The Labute approximate surface area is 143 Å². The Morgan fingerprint density at radius 1 is 1.32 bits per heavy atom. The molecule has 0 aliphatic rings. The van der Waals surface area contributed by atoms with Crippen molar-refractivity contribution in [3.63, 3.8) is 0 Å². The molecule has 0 saturated carbocycles. The number of aromatic amines is 1. The number of nitro benzene ring substituents is 1. The van der Waals surface area contributed by atoms with Gasteiger partial charge in [-0.3, -0.25) is 14.9 Å². The van der Waals surface area contributed by atoms with Crippen molar-refractivity contribution in [2.75, 3.05) is 7.11 Å². The maximum atomic E-state index is 12.4. The van der Waals surface area contributed by atoms with E-state index in [1.807, 2.05) is 24.3 Å². The average molecular weight is 340 g/mol. The van der Waals surface area contributed by atoms with Crippen LogP contribution in [0.4, 0.5) is 5.69 Å². The minimum Gasteiger partial charge on any atom is -0.490 e. The van der Waals surface area contributed by atoms with Gasteiger partial charge in [-0.1, -0.05) is 12.1 Å². The Morgan fingerprint density at radius 2 is 2.08 bits per heavy atom. The fourth-order valence-corrected chi connectivity index (χ4v) is 2.50. The number of nitrogens with zero attached hydrogens (tertiary/aromatic N) is 2. The largest absolute Gasteiger partial charge is 0.490 e. The van der Waals surface area contributed by atoms with Gasteiger partial charge >= 0.3 is 5.69 Å². The van der Waals surface area contributed by atoms with Gasteiger partial charge in [-0.15, -0.1) is 0 Å². The van der Waals surface area contributed by atoms with E-state index in [0.29, 0.717) is 5.82 Å². The number of benzene rings is 2. The number of fused-ring (bicyclic) bond motifs is 1. The number of carbonyl (C=O) groups is 1. The van der Waals surface area contributed by atoms with Crippen LogP contribution in [-0.4, -0.2) is 27.9 Å². The second-order valence-electron chi connectivity index (χ2n) is 5.48. The molecule has 1 atom stereocenters. The molecule has 2 N–H and O–H groups in total. The predicted octanol–water partition coefficient (Wildman–Crippen LogP) is 2.97. The van der Waals surface area contributed by atoms with Crippen molar-refractivity contribution in [2.45, 2.75) is 13.0 Å². The molecule has 0 aliphatic carbocycles. The third-order valence-corrected chi connectivity index (χ3v) is 3.80. The highest BCUT2D eigenvalue weighted by Crippen LogP contribution is 2.27. The van der Waals surface area contributed by atoms with Crippen LogP contribution < -0.4 is 10.1 Å². The van der Waals surface area contributed by atoms with E-state index in [9.17, 15) is 14.9 Å². The molecule has 1 aromatic heterocycles. The third kappa shape index (κ3) is 3.27. The topological polar surface area (TPSA) is 110 Å². The van der Waals surface area contributed by atoms with Gasteiger partial charge in [0.1, 0.15) is 5.82 Å². The van der Waals surface area contributed by atoms with Gasteiger partial charge < -0.3 is 15.0 Å². The number of methoxy groups -OCH3 is 1. The molecule has 8 nitrogen and oxygen atoms in total. The summed E-state index contributed by atoms with van der Waals surface area (Å²) in [7, 11) is 1.34. The minimum atomic E-state index is -0.585. The van der Waals surface area contributed by atoms with Gasteiger partial charge in [-0.05, 0) is 31.2 Å². The number of H-pyrrole nitrogens is 1. The van der Waals surface area contributed by atoms with Crippen molar-refractivity contribution in [1.29, 1.82) is 0 Å². The van der Waals surface area contributed by atoms with Crippen molar-refractivity contribution < 1.29 is 14.5 Å². The van der Waals surface area contributed by atoms with Crippen LogP contribution >= 0.6 is 0 Å². The molecule has 0 radical (unpaired) electrons. The van der Waals surface area contributed by atoms with E-state index < -0.39 is 10.8 Å². The van der Waals surface area contributed by atoms with E-state index in [1.165, 1.54) is 25.3 Å². The van der Waals surface area contributed by atoms with Gasteiger partial charge in [-0.25, -0.2) is 4.98 Å². The Morgan fingerprint density at radius 3 is 2.76 bits per heavy atom. The van der Waals surface area contributed by atoms with Gasteiger partial charge in [0.05, 0.1) is 29.1 Å². The summed E-state index contributed by atoms with van der Waals surface area (Å²) in [5.41, 5.74) is 1.60. The zero-order valence-electron chi connectivity index (χ0n) is 13.6. The van der Waals surface area contributed by atoms with Crippen molar-refractivity contribution in [3.05, 3.63) is 64.0 Å². The number of carbonyl (C=O) groups excluding carboxylic acids is 1. The van der Waals surface area contributed by atoms with Crippen molar-refractivity contribution in [3.8, 4) is 5.75 Å². The molecule has 0 saturated heterocycles. The lowest BCUT2D eigenvalue weighted by Crippen LogP contribution is -2.27. The average Bonchev–Trinajstić information content (AvgIpc) is 3.05. The summed E-state index contributed by atoms with van der Waals surface area (Å²) in [6.45, 7) is 1.79. The van der Waals surface area contributed by atoms with Crippen LogP contribution in [0.1, 0.15) is 29.1 Å². The molecule has 1 heterocycles. The zero-order chi connectivity index (χ0) is 18.0. The van der Waals surface area contributed by atoms with Crippen LogP contribution in [0.25, 0.3) is 11.0 Å². The molecule has 0 aliphatic heterocycles. The number of amides is 1. The predicted molar refractivity (Wildman–Crippen MR) is 91.6 cm³/mol. The van der Waals surface area contributed by atoms with E-state index in [0.717, 1.165) is 11.0 Å². The Balaban J connectivity index is 1.81. The summed E-state index contributed by atoms with van der Waals surface area (Å²) in [6.07, 6.45) is 0. The second-order valence-corrected chi connectivity index (χ2v) is 5.48. The number of rotatable bonds is 5. The lowest BCUT2D eigenvalue weighted by molar-refractivity contribution is -0.385. The van der Waals surface area contributed by atoms with Gasteiger partial charge in [-0.2, -0.15) is 0 Å². The van der Waals surface area contributed by atoms with Gasteiger partial charge in [0.2, 0.25) is 0 Å². The summed E-state index contributed by atoms with van der Waals surface area (Å²) >= 11 is 0. The maximum absolute atomic E-state index is 12.4. The molecule has 25 heavy (non-hydrogen) atoms. The summed E-state index contributed by atoms with van der Waals surface area (Å²) in [4.78, 5) is 30.5. The van der Waals surface area contributed by atoms with Gasteiger partial charge in [0.15, 0.2) is 5.75 Å². The van der Waals surface area contributed by atoms with E-state index in [2.05, 4.69) is 15.3 Å². The number of hydrogen-bond acceptors (Lipinski definition) is 5. The fraction of sp³-hybridized carbons (Fsp3) is 0.176. The van der Waals surface area contributed by atoms with Gasteiger partial charge in [0, 0.05) is 11.6 Å². The molecule has 0 unspecified atom stereocenters. The quantitative estimate of drug-likeness (QED) is 0.548. The number of para-hydroxylation sites is 2. The lowest BCUT2D eigenvalue weighted by Gasteiger charge is -2.12. The lowest BCUT2D eigenvalue weighted by atomic mass is 10.1. The molecule has 0 fully saturated rings. The summed E-state index contributed by atoms with van der Waals surface area (Å²) < 4.78 is 4.94. The van der Waals surface area contributed by atoms with E-state index in [-0.39, 0.29) is 23.0 Å². The molecule has 3 aromatic rings. The summed E-state index contributed by atoms with van der Waals surface area (Å²) in [5, 5.41) is 13.9. The molecule has 0 bridgehead atoms. The molecule has 128 valence electrons. The number of aromatic nitrogens is 2. The smallest absolute Gasteiger partial charge is 0.311 e. The van der Waals surface area contributed by atoms with Crippen molar-refractivity contribution in [2.24, 2.45) is 0 Å². The fourth-order valence-electron chi connectivity index (χ4n) is 2.50. The molecular formula is C17H16N4O4. The highest BCUT2D eigenvalue weighted by Gasteiger charge is 2.20. The van der Waals surface area contributed by atoms with E-state index in [4.69, 9.17) is 4.74 Å². The van der Waals surface area contributed by atoms with Crippen molar-refractivity contribution in [1.82, 2.24) is 15.3 Å². The second kappa shape index (κ2) is 6.60. The molecule has 0 spiro atoms. The van der Waals surface area contributed by atoms with Gasteiger partial charge in [0.25, 0.3) is 5.91 Å². The Bertz CT molecular complexity index is 918. The SMILES string of the molecule is COc1ccc(C(=O)N[C@@H](C)c2nc3ccccc3[nH]2)cc1[N+](=O)[O-]. The zero-order valence-corrected chi connectivity index (χ0v) is 13.6. The minimum absolute atomic E-state index is 0.104. The number of nitro groups is 1. The normalized spacial score (nSPS) is 11.9. The third-order valence-electron chi connectivity index (χ3n) is 3.80. The molecule has 1 amide bonds. The molecular weight excluding hydrogens is 324 g/mol. The maximum Gasteiger partial charge on any atom is 0.311 e. The standard InChI is InChI=1S/C17H16N4O4/c1-10(16-19-12-5-3-4-6-13(12)20-16)18-17(22)11-7-8-15(25-2)14(9-11)21(23)24/h3-10H,1-2H3,(H,18,22)(H,19,20)/t10-/m0/s1. The molecule has 2 aromatic carbocycles. The van der Waals surface area contributed by atoms with E-state index in [1.54, 1.807) is 6.92 Å². The Kier molecular flexibility index (Phi) is 4.34. The number of hydrogen-bond donors (Lipinski definition) is 2. The van der Waals surface area contributed by atoms with E-state index >= 15 is 0 Å². The number of imidazole rings is 1. The van der Waals surface area contributed by atoms with Crippen LogP contribution in [0, 0.1) is 10.1 Å². The molecule has 8 heteroatoms. The highest BCUT2D eigenvalue weighted by molar-refractivity contribution is 5.95. The van der Waals surface area contributed by atoms with Crippen LogP contribution in [0.5, 0.6) is 5.75 Å². The van der Waals surface area contributed by atoms with Crippen LogP contribution in [-0.2, 0) is 0 Å². The first-order valence-electron chi connectivity index (χ1n) is 7.57. The number of ether oxygens (including phenoxy) is 1. The highest BCUT2D eigenvalue weighted by atomic mass is 16.6. The Hall–Kier alpha value is -3.42. The van der Waals surface area contributed by atoms with Crippen LogP contribution in [0.15, 0.2) is 42.5 Å². The first kappa shape index (κ1) is 16.4. The van der Waals surface area contributed by atoms with Crippen LogP contribution in [0.2, 0.25) is 0 Å². The van der Waals surface area contributed by atoms with Crippen molar-refractivity contribution >= 4 is 22.6 Å². The first-order chi connectivity index (χ1) is 12.0. The monoisotopic (exact) mass is 340 g/mol. The first-order valence-corrected chi connectivity index (χ1v) is 7.57. The summed E-state index contributed by atoms with van der Waals surface area (Å²) in [6, 6.07) is 11.2. The number of nitrogens with one attached hydrogen (secondary N) is 2. The summed E-state index contributed by atoms with van der Waals surface area (Å²) in [5.74, 6) is 0.281. The molecule has 3 rings (SSSR count). The van der Waals surface area contributed by atoms with Crippen LogP contribution in [0.3, 0.4) is 0 Å².